The van der Waals surface area contributed by atoms with Crippen molar-refractivity contribution in [3.05, 3.63) is 53.6 Å². The average Bonchev–Trinajstić information content (AvgIpc) is 3.36. The largest absolute Gasteiger partial charge is 0.496 e. The van der Waals surface area contributed by atoms with Crippen molar-refractivity contribution in [2.24, 2.45) is 0 Å². The highest BCUT2D eigenvalue weighted by Crippen LogP contribution is 2.27. The number of hydrogen-bond donors (Lipinski definition) is 1. The lowest BCUT2D eigenvalue weighted by Gasteiger charge is -2.17. The second kappa shape index (κ2) is 12.2. The van der Waals surface area contributed by atoms with Crippen LogP contribution in [0.25, 0.3) is 0 Å². The van der Waals surface area contributed by atoms with Crippen molar-refractivity contribution in [2.45, 2.75) is 63.4 Å². The molecule has 3 rings (SSSR count). The van der Waals surface area contributed by atoms with E-state index in [2.05, 4.69) is 11.4 Å². The molecule has 1 fully saturated rings. The Morgan fingerprint density at radius 3 is 2.56 bits per heavy atom. The van der Waals surface area contributed by atoms with Crippen molar-refractivity contribution in [2.75, 3.05) is 26.7 Å². The van der Waals surface area contributed by atoms with E-state index < -0.39 is 10.0 Å². The van der Waals surface area contributed by atoms with Crippen LogP contribution in [0.3, 0.4) is 0 Å². The van der Waals surface area contributed by atoms with Gasteiger partial charge in [0.05, 0.1) is 18.1 Å². The number of amides is 1. The summed E-state index contributed by atoms with van der Waals surface area (Å²) in [5, 5.41) is 2.96. The number of ether oxygens (including phenoxy) is 2. The van der Waals surface area contributed by atoms with Crippen LogP contribution in [0.15, 0.2) is 47.4 Å². The summed E-state index contributed by atoms with van der Waals surface area (Å²) >= 11 is 0. The minimum absolute atomic E-state index is 0.0632. The van der Waals surface area contributed by atoms with Gasteiger partial charge in [-0.05, 0) is 87.4 Å². The monoisotopic (exact) mass is 488 g/mol. The number of carbonyl (C=O) groups is 1. The van der Waals surface area contributed by atoms with Crippen LogP contribution in [0, 0.1) is 0 Å². The Morgan fingerprint density at radius 1 is 1.09 bits per heavy atom. The van der Waals surface area contributed by atoms with E-state index in [0.717, 1.165) is 37.0 Å². The molecule has 0 radical (unpaired) electrons. The van der Waals surface area contributed by atoms with Crippen molar-refractivity contribution in [1.82, 2.24) is 9.62 Å². The maximum absolute atomic E-state index is 12.9. The average molecular weight is 489 g/mol. The molecule has 1 amide bonds. The minimum Gasteiger partial charge on any atom is -0.496 e. The number of rotatable bonds is 12. The molecule has 1 saturated heterocycles. The van der Waals surface area contributed by atoms with Gasteiger partial charge in [0.2, 0.25) is 15.9 Å². The van der Waals surface area contributed by atoms with Crippen LogP contribution in [0.1, 0.15) is 50.7 Å². The molecule has 0 aliphatic carbocycles. The Kier molecular flexibility index (Phi) is 9.36. The molecule has 0 bridgehead atoms. The maximum atomic E-state index is 12.9. The van der Waals surface area contributed by atoms with Crippen LogP contribution in [0.4, 0.5) is 0 Å². The smallest absolute Gasteiger partial charge is 0.243 e. The van der Waals surface area contributed by atoms with Crippen LogP contribution in [-0.4, -0.2) is 51.5 Å². The van der Waals surface area contributed by atoms with Gasteiger partial charge in [-0.1, -0.05) is 12.1 Å². The van der Waals surface area contributed by atoms with Gasteiger partial charge in [-0.2, -0.15) is 4.31 Å². The molecule has 1 heterocycles. The number of benzene rings is 2. The maximum Gasteiger partial charge on any atom is 0.243 e. The normalized spacial score (nSPS) is 14.4. The zero-order valence-corrected chi connectivity index (χ0v) is 21.2. The Morgan fingerprint density at radius 2 is 1.85 bits per heavy atom. The Balaban J connectivity index is 1.49. The molecule has 2 aromatic rings. The van der Waals surface area contributed by atoms with Crippen LogP contribution in [-0.2, 0) is 27.7 Å². The molecule has 0 unspecified atom stereocenters. The van der Waals surface area contributed by atoms with Crippen molar-refractivity contribution in [3.63, 3.8) is 0 Å². The topological polar surface area (TPSA) is 84.9 Å². The van der Waals surface area contributed by atoms with E-state index in [9.17, 15) is 13.2 Å². The van der Waals surface area contributed by atoms with Crippen molar-refractivity contribution < 1.29 is 22.7 Å². The second-order valence-corrected chi connectivity index (χ2v) is 10.8. The Hall–Kier alpha value is -2.58. The van der Waals surface area contributed by atoms with E-state index >= 15 is 0 Å². The van der Waals surface area contributed by atoms with Gasteiger partial charge in [-0.15, -0.1) is 0 Å². The third-order valence-corrected chi connectivity index (χ3v) is 7.71. The Labute approximate surface area is 203 Å². The Bertz CT molecular complexity index is 1060. The number of methoxy groups -OCH3 is 1. The van der Waals surface area contributed by atoms with Gasteiger partial charge in [-0.25, -0.2) is 8.42 Å². The van der Waals surface area contributed by atoms with E-state index in [-0.39, 0.29) is 23.3 Å². The number of aryl methyl sites for hydroxylation is 2. The first kappa shape index (κ1) is 26.0. The van der Waals surface area contributed by atoms with Crippen molar-refractivity contribution in [3.8, 4) is 11.5 Å². The zero-order valence-electron chi connectivity index (χ0n) is 20.4. The molecule has 8 heteroatoms. The molecule has 186 valence electrons. The van der Waals surface area contributed by atoms with Gasteiger partial charge in [0, 0.05) is 26.1 Å². The fourth-order valence-electron chi connectivity index (χ4n) is 4.09. The highest BCUT2D eigenvalue weighted by molar-refractivity contribution is 7.89. The van der Waals surface area contributed by atoms with Crippen LogP contribution in [0.2, 0.25) is 0 Å². The van der Waals surface area contributed by atoms with Crippen molar-refractivity contribution in [1.29, 1.82) is 0 Å². The third-order valence-electron chi connectivity index (χ3n) is 5.81. The number of nitrogens with one attached hydrogen (secondary N) is 1. The van der Waals surface area contributed by atoms with Crippen LogP contribution < -0.4 is 14.8 Å². The zero-order chi connectivity index (χ0) is 24.6. The summed E-state index contributed by atoms with van der Waals surface area (Å²) in [4.78, 5) is 12.7. The molecule has 34 heavy (non-hydrogen) atoms. The number of carbonyl (C=O) groups excluding carboxylic acids is 1. The first-order chi connectivity index (χ1) is 16.3. The quantitative estimate of drug-likeness (QED) is 0.458. The lowest BCUT2D eigenvalue weighted by atomic mass is 10.1. The number of nitrogens with zero attached hydrogens (tertiary/aromatic N) is 1. The van der Waals surface area contributed by atoms with E-state index in [4.69, 9.17) is 9.47 Å². The summed E-state index contributed by atoms with van der Waals surface area (Å²) < 4.78 is 38.4. The van der Waals surface area contributed by atoms with Gasteiger partial charge < -0.3 is 14.8 Å². The molecule has 0 aromatic heterocycles. The highest BCUT2D eigenvalue weighted by atomic mass is 32.2. The van der Waals surface area contributed by atoms with E-state index in [0.29, 0.717) is 31.8 Å². The highest BCUT2D eigenvalue weighted by Gasteiger charge is 2.27. The van der Waals surface area contributed by atoms with Crippen LogP contribution in [0.5, 0.6) is 11.5 Å². The lowest BCUT2D eigenvalue weighted by molar-refractivity contribution is -0.121. The summed E-state index contributed by atoms with van der Waals surface area (Å²) in [6.07, 6.45) is 4.26. The fourth-order valence-corrected chi connectivity index (χ4v) is 5.66. The molecular weight excluding hydrogens is 452 g/mol. The predicted octanol–water partition coefficient (Wildman–Crippen LogP) is 3.95. The summed E-state index contributed by atoms with van der Waals surface area (Å²) in [5.74, 6) is 1.39. The molecule has 7 nitrogen and oxygen atoms in total. The fraction of sp³-hybridized carbons (Fsp3) is 0.500. The molecule has 1 aliphatic rings. The van der Waals surface area contributed by atoms with E-state index in [1.807, 2.05) is 32.0 Å². The van der Waals surface area contributed by atoms with Gasteiger partial charge in [0.1, 0.15) is 11.5 Å². The van der Waals surface area contributed by atoms with Gasteiger partial charge in [0.15, 0.2) is 0 Å². The summed E-state index contributed by atoms with van der Waals surface area (Å²) in [6.45, 7) is 5.69. The molecule has 1 aliphatic heterocycles. The minimum atomic E-state index is -3.51. The summed E-state index contributed by atoms with van der Waals surface area (Å²) in [7, 11) is -1.96. The number of hydrogen-bond acceptors (Lipinski definition) is 5. The molecule has 0 saturated carbocycles. The second-order valence-electron chi connectivity index (χ2n) is 8.85. The first-order valence-electron chi connectivity index (χ1n) is 12.0. The molecule has 2 aromatic carbocycles. The standard InChI is InChI=1S/C26H36N2O5S/c1-20(2)33-23-10-6-8-21(18-23)9-7-15-27-26(29)14-11-22-19-24(12-13-25(22)32-3)34(30,31)28-16-4-5-17-28/h6,8,10,12-13,18-20H,4-5,7,9,11,14-17H2,1-3H3,(H,27,29). The van der Waals surface area contributed by atoms with Crippen molar-refractivity contribution >= 4 is 15.9 Å². The van der Waals surface area contributed by atoms with E-state index in [1.165, 1.54) is 9.87 Å². The van der Waals surface area contributed by atoms with E-state index in [1.54, 1.807) is 25.3 Å². The first-order valence-corrected chi connectivity index (χ1v) is 13.4. The summed E-state index contributed by atoms with van der Waals surface area (Å²) in [6, 6.07) is 12.9. The lowest BCUT2D eigenvalue weighted by Crippen LogP contribution is -2.28. The van der Waals surface area contributed by atoms with Gasteiger partial charge in [-0.3, -0.25) is 4.79 Å². The molecular formula is C26H36N2O5S. The third kappa shape index (κ3) is 7.21. The molecule has 1 N–H and O–H groups in total. The predicted molar refractivity (Wildman–Crippen MR) is 133 cm³/mol. The SMILES string of the molecule is COc1ccc(S(=O)(=O)N2CCCC2)cc1CCC(=O)NCCCc1cccc(OC(C)C)c1. The molecule has 0 atom stereocenters. The number of sulfonamides is 1. The molecule has 0 spiro atoms. The van der Waals surface area contributed by atoms with Crippen LogP contribution >= 0.6 is 0 Å². The van der Waals surface area contributed by atoms with Gasteiger partial charge in [0.25, 0.3) is 0 Å². The summed E-state index contributed by atoms with van der Waals surface area (Å²) in [5.41, 5.74) is 1.90. The van der Waals surface area contributed by atoms with Gasteiger partial charge >= 0.3 is 0 Å².